The van der Waals surface area contributed by atoms with Crippen LogP contribution in [0.5, 0.6) is 0 Å². The van der Waals surface area contributed by atoms with Crippen molar-refractivity contribution in [1.82, 2.24) is 15.1 Å². The van der Waals surface area contributed by atoms with E-state index in [0.29, 0.717) is 38.6 Å². The van der Waals surface area contributed by atoms with Crippen molar-refractivity contribution in [1.29, 1.82) is 0 Å². The van der Waals surface area contributed by atoms with Crippen LogP contribution in [0.2, 0.25) is 0 Å². The van der Waals surface area contributed by atoms with Crippen molar-refractivity contribution in [3.8, 4) is 0 Å². The van der Waals surface area contributed by atoms with Crippen molar-refractivity contribution in [2.24, 2.45) is 0 Å². The quantitative estimate of drug-likeness (QED) is 0.673. The van der Waals surface area contributed by atoms with Crippen molar-refractivity contribution in [3.05, 3.63) is 0 Å². The third-order valence-electron chi connectivity index (χ3n) is 3.92. The number of likely N-dealkylation sites (tertiary alicyclic amines) is 1. The van der Waals surface area contributed by atoms with Crippen molar-refractivity contribution in [3.63, 3.8) is 0 Å². The molecule has 1 aliphatic heterocycles. The Morgan fingerprint density at radius 3 is 2.48 bits per heavy atom. The monoisotopic (exact) mass is 301 g/mol. The van der Waals surface area contributed by atoms with E-state index in [0.717, 1.165) is 12.8 Å². The molecule has 2 amide bonds. The van der Waals surface area contributed by atoms with Gasteiger partial charge in [-0.3, -0.25) is 0 Å². The Labute approximate surface area is 126 Å². The van der Waals surface area contributed by atoms with Gasteiger partial charge in [0.25, 0.3) is 0 Å². The van der Waals surface area contributed by atoms with Crippen molar-refractivity contribution >= 4 is 12.0 Å². The molecule has 1 rings (SSSR count). The molecule has 7 nitrogen and oxygen atoms in total. The molecule has 1 saturated heterocycles. The van der Waals surface area contributed by atoms with Crippen LogP contribution < -0.4 is 5.32 Å². The number of ether oxygens (including phenoxy) is 1. The summed E-state index contributed by atoms with van der Waals surface area (Å²) in [5.74, 6) is -0.998. The van der Waals surface area contributed by atoms with Gasteiger partial charge in [-0.25, -0.2) is 9.59 Å². The van der Waals surface area contributed by atoms with Gasteiger partial charge < -0.3 is 25.0 Å². The number of nitrogens with one attached hydrogen (secondary N) is 1. The summed E-state index contributed by atoms with van der Waals surface area (Å²) < 4.78 is 4.91. The fourth-order valence-corrected chi connectivity index (χ4v) is 2.51. The van der Waals surface area contributed by atoms with Gasteiger partial charge in [-0.15, -0.1) is 0 Å². The van der Waals surface area contributed by atoms with Crippen LogP contribution in [0, 0.1) is 0 Å². The number of rotatable bonds is 7. The van der Waals surface area contributed by atoms with E-state index in [4.69, 9.17) is 9.84 Å². The zero-order chi connectivity index (χ0) is 15.8. The van der Waals surface area contributed by atoms with E-state index >= 15 is 0 Å². The van der Waals surface area contributed by atoms with Crippen LogP contribution in [-0.2, 0) is 9.53 Å². The summed E-state index contributed by atoms with van der Waals surface area (Å²) in [6, 6.07) is -0.637. The average Bonchev–Trinajstić information content (AvgIpc) is 2.46. The van der Waals surface area contributed by atoms with Crippen LogP contribution in [-0.4, -0.2) is 79.9 Å². The van der Waals surface area contributed by atoms with Gasteiger partial charge in [-0.2, -0.15) is 0 Å². The topological polar surface area (TPSA) is 82.1 Å². The van der Waals surface area contributed by atoms with Crippen LogP contribution in [0.1, 0.15) is 25.7 Å². The van der Waals surface area contributed by atoms with Gasteiger partial charge in [0, 0.05) is 32.8 Å². The summed E-state index contributed by atoms with van der Waals surface area (Å²) >= 11 is 0. The smallest absolute Gasteiger partial charge is 0.326 e. The SMILES string of the molecule is COCCCC(NC(=O)N1CCC(N(C)C)CC1)C(=O)O. The lowest BCUT2D eigenvalue weighted by Gasteiger charge is -2.35. The fraction of sp³-hybridized carbons (Fsp3) is 0.857. The predicted octanol–water partition coefficient (Wildman–Crippen LogP) is 0.602. The minimum absolute atomic E-state index is 0.281. The molecule has 0 spiro atoms. The molecule has 0 aliphatic carbocycles. The highest BCUT2D eigenvalue weighted by Gasteiger charge is 2.27. The summed E-state index contributed by atoms with van der Waals surface area (Å²) in [6.45, 7) is 1.83. The second-order valence-corrected chi connectivity index (χ2v) is 5.66. The lowest BCUT2D eigenvalue weighted by molar-refractivity contribution is -0.139. The second kappa shape index (κ2) is 8.84. The summed E-state index contributed by atoms with van der Waals surface area (Å²) in [5, 5.41) is 11.8. The molecular weight excluding hydrogens is 274 g/mol. The molecule has 0 aromatic carbocycles. The Hall–Kier alpha value is -1.34. The highest BCUT2D eigenvalue weighted by molar-refractivity contribution is 5.82. The van der Waals surface area contributed by atoms with E-state index in [1.165, 1.54) is 0 Å². The molecule has 1 atom stereocenters. The minimum Gasteiger partial charge on any atom is -0.480 e. The number of methoxy groups -OCH3 is 1. The number of piperidine rings is 1. The molecule has 1 aliphatic rings. The van der Waals surface area contributed by atoms with E-state index in [1.54, 1.807) is 12.0 Å². The van der Waals surface area contributed by atoms with Gasteiger partial charge >= 0.3 is 12.0 Å². The zero-order valence-electron chi connectivity index (χ0n) is 13.2. The van der Waals surface area contributed by atoms with Crippen molar-refractivity contribution in [2.75, 3.05) is 40.9 Å². The van der Waals surface area contributed by atoms with E-state index in [-0.39, 0.29) is 6.03 Å². The third-order valence-corrected chi connectivity index (χ3v) is 3.92. The maximum Gasteiger partial charge on any atom is 0.326 e. The number of amides is 2. The number of carboxylic acid groups (broad SMARTS) is 1. The van der Waals surface area contributed by atoms with E-state index in [9.17, 15) is 9.59 Å². The first-order valence-electron chi connectivity index (χ1n) is 7.39. The van der Waals surface area contributed by atoms with Crippen LogP contribution in [0.15, 0.2) is 0 Å². The number of nitrogens with zero attached hydrogens (tertiary/aromatic N) is 2. The maximum absolute atomic E-state index is 12.1. The Morgan fingerprint density at radius 1 is 1.38 bits per heavy atom. The Bertz CT molecular complexity index is 341. The number of urea groups is 1. The molecule has 122 valence electrons. The number of carboxylic acids is 1. The second-order valence-electron chi connectivity index (χ2n) is 5.66. The van der Waals surface area contributed by atoms with Gasteiger partial charge in [0.05, 0.1) is 0 Å². The number of carbonyl (C=O) groups is 2. The highest BCUT2D eigenvalue weighted by atomic mass is 16.5. The zero-order valence-corrected chi connectivity index (χ0v) is 13.2. The molecule has 0 bridgehead atoms. The van der Waals surface area contributed by atoms with E-state index in [2.05, 4.69) is 10.2 Å². The number of carbonyl (C=O) groups excluding carboxylic acids is 1. The van der Waals surface area contributed by atoms with Gasteiger partial charge in [-0.05, 0) is 39.8 Å². The van der Waals surface area contributed by atoms with Gasteiger partial charge in [-0.1, -0.05) is 0 Å². The predicted molar refractivity (Wildman–Crippen MR) is 79.3 cm³/mol. The first kappa shape index (κ1) is 17.7. The molecule has 0 aromatic rings. The molecule has 0 saturated carbocycles. The summed E-state index contributed by atoms with van der Waals surface area (Å²) in [6.07, 6.45) is 2.82. The minimum atomic E-state index is -0.998. The van der Waals surface area contributed by atoms with Crippen LogP contribution in [0.4, 0.5) is 4.79 Å². The van der Waals surface area contributed by atoms with Gasteiger partial charge in [0.1, 0.15) is 6.04 Å². The van der Waals surface area contributed by atoms with E-state index < -0.39 is 12.0 Å². The molecule has 2 N–H and O–H groups in total. The van der Waals surface area contributed by atoms with Crippen LogP contribution in [0.3, 0.4) is 0 Å². The summed E-state index contributed by atoms with van der Waals surface area (Å²) in [4.78, 5) is 27.2. The largest absolute Gasteiger partial charge is 0.480 e. The van der Waals surface area contributed by atoms with Gasteiger partial charge in [0.2, 0.25) is 0 Å². The molecule has 1 heterocycles. The molecule has 0 radical (unpaired) electrons. The lowest BCUT2D eigenvalue weighted by Crippen LogP contribution is -2.52. The summed E-state index contributed by atoms with van der Waals surface area (Å²) in [7, 11) is 5.65. The molecule has 1 fully saturated rings. The van der Waals surface area contributed by atoms with Gasteiger partial charge in [0.15, 0.2) is 0 Å². The lowest BCUT2D eigenvalue weighted by atomic mass is 10.0. The molecule has 21 heavy (non-hydrogen) atoms. The maximum atomic E-state index is 12.1. The fourth-order valence-electron chi connectivity index (χ4n) is 2.51. The number of hydrogen-bond donors (Lipinski definition) is 2. The molecule has 7 heteroatoms. The number of aliphatic carboxylic acids is 1. The Balaban J connectivity index is 2.41. The highest BCUT2D eigenvalue weighted by Crippen LogP contribution is 2.14. The van der Waals surface area contributed by atoms with Crippen molar-refractivity contribution in [2.45, 2.75) is 37.8 Å². The first-order valence-corrected chi connectivity index (χ1v) is 7.39. The summed E-state index contributed by atoms with van der Waals surface area (Å²) in [5.41, 5.74) is 0. The van der Waals surface area contributed by atoms with Crippen molar-refractivity contribution < 1.29 is 19.4 Å². The number of hydrogen-bond acceptors (Lipinski definition) is 4. The van der Waals surface area contributed by atoms with Crippen LogP contribution >= 0.6 is 0 Å². The molecular formula is C14H27N3O4. The normalized spacial score (nSPS) is 17.8. The first-order chi connectivity index (χ1) is 9.95. The van der Waals surface area contributed by atoms with E-state index in [1.807, 2.05) is 14.1 Å². The molecule has 1 unspecified atom stereocenters. The average molecular weight is 301 g/mol. The third kappa shape index (κ3) is 5.89. The standard InChI is InChI=1S/C14H27N3O4/c1-16(2)11-6-8-17(9-7-11)14(20)15-12(13(18)19)5-4-10-21-3/h11-12H,4-10H2,1-3H3,(H,15,20)(H,18,19). The van der Waals surface area contributed by atoms with Crippen LogP contribution in [0.25, 0.3) is 0 Å². The molecule has 0 aromatic heterocycles. The Morgan fingerprint density at radius 2 is 2.00 bits per heavy atom. The Kier molecular flexibility index (Phi) is 7.45.